The van der Waals surface area contributed by atoms with Crippen LogP contribution in [-0.2, 0) is 13.1 Å². The summed E-state index contributed by atoms with van der Waals surface area (Å²) in [7, 11) is 0. The number of halogens is 3. The van der Waals surface area contributed by atoms with E-state index in [1.54, 1.807) is 0 Å². The molecule has 2 rings (SSSR count). The molecular weight excluding hydrogens is 231 g/mol. The molecule has 1 atom stereocenters. The summed E-state index contributed by atoms with van der Waals surface area (Å²) in [5.41, 5.74) is 1.68. The van der Waals surface area contributed by atoms with Gasteiger partial charge in [0.2, 0.25) is 0 Å². The van der Waals surface area contributed by atoms with Crippen molar-refractivity contribution in [2.75, 3.05) is 0 Å². The monoisotopic (exact) mass is 247 g/mol. The summed E-state index contributed by atoms with van der Waals surface area (Å²) in [4.78, 5) is 2.18. The summed E-state index contributed by atoms with van der Waals surface area (Å²) in [6.45, 7) is 6.60. The molecule has 0 radical (unpaired) electrons. The zero-order valence-electron chi connectivity index (χ0n) is 10.1. The molecule has 0 fully saturated rings. The van der Waals surface area contributed by atoms with Gasteiger partial charge in [-0.05, 0) is 20.8 Å². The number of aromatic nitrogens is 2. The summed E-state index contributed by atoms with van der Waals surface area (Å²) in [6, 6.07) is -1.17. The topological polar surface area (TPSA) is 21.1 Å². The number of hydrogen-bond acceptors (Lipinski definition) is 2. The molecule has 1 aromatic heterocycles. The Hall–Kier alpha value is -1.04. The second-order valence-electron chi connectivity index (χ2n) is 4.80. The average Bonchev–Trinajstić information content (AvgIpc) is 2.70. The van der Waals surface area contributed by atoms with E-state index in [0.717, 1.165) is 22.9 Å². The Bertz CT molecular complexity index is 385. The molecule has 1 aliphatic heterocycles. The Morgan fingerprint density at radius 1 is 1.24 bits per heavy atom. The fraction of sp³-hybridized carbons (Fsp3) is 0.727. The maximum Gasteiger partial charge on any atom is 0.410 e. The van der Waals surface area contributed by atoms with E-state index in [1.165, 1.54) is 6.20 Å². The molecule has 0 bridgehead atoms. The minimum absolute atomic E-state index is 0.387. The van der Waals surface area contributed by atoms with E-state index in [9.17, 15) is 13.2 Å². The van der Waals surface area contributed by atoms with E-state index in [2.05, 4.69) is 23.8 Å². The Kier molecular flexibility index (Phi) is 2.93. The molecule has 0 spiro atoms. The first-order chi connectivity index (χ1) is 7.79. The van der Waals surface area contributed by atoms with Crippen LogP contribution in [0.3, 0.4) is 0 Å². The highest BCUT2D eigenvalue weighted by atomic mass is 19.4. The van der Waals surface area contributed by atoms with Crippen LogP contribution in [-0.4, -0.2) is 26.9 Å². The smallest absolute Gasteiger partial charge is 0.291 e. The van der Waals surface area contributed by atoms with E-state index in [1.807, 2.05) is 0 Å². The summed E-state index contributed by atoms with van der Waals surface area (Å²) >= 11 is 0. The number of rotatable bonds is 2. The molecule has 1 aromatic rings. The molecule has 96 valence electrons. The fourth-order valence-electron chi connectivity index (χ4n) is 1.91. The van der Waals surface area contributed by atoms with Gasteiger partial charge in [-0.15, -0.1) is 0 Å². The molecule has 2 heterocycles. The lowest BCUT2D eigenvalue weighted by atomic mass is 10.3. The van der Waals surface area contributed by atoms with Gasteiger partial charge in [0.1, 0.15) is 6.04 Å². The van der Waals surface area contributed by atoms with Crippen molar-refractivity contribution in [3.63, 3.8) is 0 Å². The van der Waals surface area contributed by atoms with Crippen LogP contribution in [0.1, 0.15) is 38.1 Å². The van der Waals surface area contributed by atoms with Gasteiger partial charge in [-0.3, -0.25) is 9.58 Å². The zero-order chi connectivity index (χ0) is 12.8. The Morgan fingerprint density at radius 3 is 2.35 bits per heavy atom. The largest absolute Gasteiger partial charge is 0.410 e. The lowest BCUT2D eigenvalue weighted by Gasteiger charge is -2.20. The molecule has 0 aliphatic carbocycles. The van der Waals surface area contributed by atoms with E-state index < -0.39 is 12.2 Å². The van der Waals surface area contributed by atoms with Crippen molar-refractivity contribution in [3.05, 3.63) is 17.5 Å². The summed E-state index contributed by atoms with van der Waals surface area (Å²) in [6.07, 6.45) is -2.71. The van der Waals surface area contributed by atoms with Crippen molar-refractivity contribution in [3.8, 4) is 0 Å². The third-order valence-electron chi connectivity index (χ3n) is 3.22. The lowest BCUT2D eigenvalue weighted by molar-refractivity contribution is -0.165. The van der Waals surface area contributed by atoms with Crippen LogP contribution in [0.2, 0.25) is 0 Å². The van der Waals surface area contributed by atoms with E-state index in [4.69, 9.17) is 0 Å². The van der Waals surface area contributed by atoms with Gasteiger partial charge in [0.25, 0.3) is 0 Å². The van der Waals surface area contributed by atoms with Gasteiger partial charge in [-0.2, -0.15) is 18.3 Å². The fourth-order valence-corrected chi connectivity index (χ4v) is 1.91. The van der Waals surface area contributed by atoms with E-state index in [-0.39, 0.29) is 0 Å². The molecule has 1 aliphatic rings. The molecule has 0 amide bonds. The summed E-state index contributed by atoms with van der Waals surface area (Å²) in [5.74, 6) is 0. The van der Waals surface area contributed by atoms with Crippen LogP contribution in [0, 0.1) is 0 Å². The zero-order valence-corrected chi connectivity index (χ0v) is 10.1. The highest BCUT2D eigenvalue weighted by Crippen LogP contribution is 2.32. The van der Waals surface area contributed by atoms with Crippen molar-refractivity contribution in [2.24, 2.45) is 0 Å². The van der Waals surface area contributed by atoms with Gasteiger partial charge in [0.15, 0.2) is 0 Å². The first kappa shape index (κ1) is 12.4. The second kappa shape index (κ2) is 4.01. The normalized spacial score (nSPS) is 18.8. The second-order valence-corrected chi connectivity index (χ2v) is 4.80. The van der Waals surface area contributed by atoms with Crippen LogP contribution in [0.4, 0.5) is 13.2 Å². The number of fused-ring (bicyclic) bond motifs is 1. The third-order valence-corrected chi connectivity index (χ3v) is 3.22. The maximum absolute atomic E-state index is 12.5. The predicted octanol–water partition coefficient (Wildman–Crippen LogP) is 2.73. The molecule has 3 nitrogen and oxygen atoms in total. The van der Waals surface area contributed by atoms with Crippen molar-refractivity contribution >= 4 is 0 Å². The number of alkyl halides is 3. The molecule has 0 saturated heterocycles. The van der Waals surface area contributed by atoms with Crippen LogP contribution in [0.5, 0.6) is 0 Å². The quantitative estimate of drug-likeness (QED) is 0.801. The van der Waals surface area contributed by atoms with Gasteiger partial charge in [0.05, 0.1) is 5.69 Å². The van der Waals surface area contributed by atoms with E-state index in [0.29, 0.717) is 19.1 Å². The van der Waals surface area contributed by atoms with Crippen molar-refractivity contribution < 1.29 is 13.2 Å². The summed E-state index contributed by atoms with van der Waals surface area (Å²) < 4.78 is 38.6. The Balaban J connectivity index is 2.16. The minimum atomic E-state index is -4.24. The Labute approximate surface area is 98.2 Å². The van der Waals surface area contributed by atoms with Gasteiger partial charge in [0, 0.05) is 30.9 Å². The van der Waals surface area contributed by atoms with Gasteiger partial charge >= 0.3 is 6.18 Å². The highest BCUT2D eigenvalue weighted by molar-refractivity contribution is 5.22. The maximum atomic E-state index is 12.5. The summed E-state index contributed by atoms with van der Waals surface area (Å²) in [5, 5.41) is 4.04. The average molecular weight is 247 g/mol. The predicted molar refractivity (Wildman–Crippen MR) is 57.4 cm³/mol. The Morgan fingerprint density at radius 2 is 1.88 bits per heavy atom. The van der Waals surface area contributed by atoms with Crippen molar-refractivity contribution in [1.29, 1.82) is 0 Å². The SMILES string of the molecule is CC(C)N1Cc2cn(C(C)C(F)(F)F)nc2C1. The van der Waals surface area contributed by atoms with Crippen LogP contribution < -0.4 is 0 Å². The lowest BCUT2D eigenvalue weighted by Crippen LogP contribution is -2.27. The van der Waals surface area contributed by atoms with Crippen LogP contribution in [0.25, 0.3) is 0 Å². The molecule has 1 unspecified atom stereocenters. The molecule has 17 heavy (non-hydrogen) atoms. The third kappa shape index (κ3) is 2.31. The molecular formula is C11H16F3N3. The van der Waals surface area contributed by atoms with Crippen LogP contribution >= 0.6 is 0 Å². The van der Waals surface area contributed by atoms with Gasteiger partial charge < -0.3 is 0 Å². The number of nitrogens with zero attached hydrogens (tertiary/aromatic N) is 3. The van der Waals surface area contributed by atoms with E-state index >= 15 is 0 Å². The first-order valence-electron chi connectivity index (χ1n) is 5.66. The molecule has 6 heteroatoms. The molecule has 0 N–H and O–H groups in total. The standard InChI is InChI=1S/C11H16F3N3/c1-7(2)16-4-9-5-17(15-10(9)6-16)8(3)11(12,13)14/h5,7-8H,4,6H2,1-3H3. The van der Waals surface area contributed by atoms with Gasteiger partial charge in [-0.25, -0.2) is 0 Å². The number of hydrogen-bond donors (Lipinski definition) is 0. The minimum Gasteiger partial charge on any atom is -0.291 e. The molecule has 0 aromatic carbocycles. The first-order valence-corrected chi connectivity index (χ1v) is 5.66. The van der Waals surface area contributed by atoms with Crippen LogP contribution in [0.15, 0.2) is 6.20 Å². The van der Waals surface area contributed by atoms with Crippen molar-refractivity contribution in [1.82, 2.24) is 14.7 Å². The van der Waals surface area contributed by atoms with Crippen molar-refractivity contribution in [2.45, 2.75) is 52.1 Å². The van der Waals surface area contributed by atoms with Gasteiger partial charge in [-0.1, -0.05) is 0 Å². The molecule has 0 saturated carbocycles. The highest BCUT2D eigenvalue weighted by Gasteiger charge is 2.39.